The number of aromatic nitrogens is 3. The summed E-state index contributed by atoms with van der Waals surface area (Å²) < 4.78 is 5.83. The third kappa shape index (κ3) is 3.26. The van der Waals surface area contributed by atoms with Crippen LogP contribution in [-0.2, 0) is 6.42 Å². The zero-order valence-corrected chi connectivity index (χ0v) is 13.3. The zero-order valence-electron chi connectivity index (χ0n) is 13.3. The number of nitrogens with zero attached hydrogens (tertiary/aromatic N) is 3. The van der Waals surface area contributed by atoms with E-state index >= 15 is 0 Å². The van der Waals surface area contributed by atoms with Gasteiger partial charge in [0, 0.05) is 35.7 Å². The summed E-state index contributed by atoms with van der Waals surface area (Å²) in [6.45, 7) is 0. The van der Waals surface area contributed by atoms with E-state index in [2.05, 4.69) is 15.2 Å². The van der Waals surface area contributed by atoms with Gasteiger partial charge in [0.15, 0.2) is 0 Å². The summed E-state index contributed by atoms with van der Waals surface area (Å²) in [7, 11) is 0. The quantitative estimate of drug-likeness (QED) is 0.610. The summed E-state index contributed by atoms with van der Waals surface area (Å²) in [5.41, 5.74) is 2.00. The van der Waals surface area contributed by atoms with Crippen molar-refractivity contribution >= 4 is 10.8 Å². The molecule has 2 aromatic carbocycles. The van der Waals surface area contributed by atoms with Crippen LogP contribution in [0.5, 0.6) is 17.4 Å². The third-order valence-corrected chi connectivity index (χ3v) is 3.88. The molecule has 4 aromatic rings. The number of hydrogen-bond acceptors (Lipinski definition) is 5. The fourth-order valence-electron chi connectivity index (χ4n) is 2.69. The lowest BCUT2D eigenvalue weighted by Crippen LogP contribution is -1.99. The van der Waals surface area contributed by atoms with Crippen molar-refractivity contribution < 1.29 is 9.84 Å². The van der Waals surface area contributed by atoms with E-state index in [0.717, 1.165) is 22.0 Å². The summed E-state index contributed by atoms with van der Waals surface area (Å²) in [5.74, 6) is 1.07. The molecule has 2 aromatic heterocycles. The highest BCUT2D eigenvalue weighted by Gasteiger charge is 2.11. The summed E-state index contributed by atoms with van der Waals surface area (Å²) in [5, 5.41) is 20.1. The average Bonchev–Trinajstić information content (AvgIpc) is 2.65. The maximum absolute atomic E-state index is 9.59. The van der Waals surface area contributed by atoms with E-state index in [1.165, 1.54) is 0 Å². The third-order valence-electron chi connectivity index (χ3n) is 3.88. The van der Waals surface area contributed by atoms with E-state index in [4.69, 9.17) is 4.74 Å². The maximum Gasteiger partial charge on any atom is 0.246 e. The molecule has 0 saturated heterocycles. The van der Waals surface area contributed by atoms with Crippen LogP contribution in [0, 0.1) is 0 Å². The number of aromatic hydroxyl groups is 1. The Bertz CT molecular complexity index is 1020. The van der Waals surface area contributed by atoms with Crippen molar-refractivity contribution in [2.75, 3.05) is 0 Å². The fourth-order valence-corrected chi connectivity index (χ4v) is 2.69. The van der Waals surface area contributed by atoms with E-state index < -0.39 is 0 Å². The summed E-state index contributed by atoms with van der Waals surface area (Å²) >= 11 is 0. The molecular weight excluding hydrogens is 314 g/mol. The molecule has 4 rings (SSSR count). The molecule has 0 aliphatic carbocycles. The highest BCUT2D eigenvalue weighted by atomic mass is 16.5. The highest BCUT2D eigenvalue weighted by Crippen LogP contribution is 2.30. The van der Waals surface area contributed by atoms with Gasteiger partial charge in [-0.05, 0) is 35.9 Å². The van der Waals surface area contributed by atoms with Crippen LogP contribution >= 0.6 is 0 Å². The number of pyridine rings is 1. The van der Waals surface area contributed by atoms with Gasteiger partial charge in [-0.25, -0.2) is 0 Å². The Hall–Kier alpha value is -3.47. The maximum atomic E-state index is 9.59. The van der Waals surface area contributed by atoms with Crippen molar-refractivity contribution in [2.45, 2.75) is 6.42 Å². The Morgan fingerprint density at radius 2 is 1.64 bits per heavy atom. The normalized spacial score (nSPS) is 10.7. The highest BCUT2D eigenvalue weighted by molar-refractivity contribution is 5.88. The van der Waals surface area contributed by atoms with Crippen molar-refractivity contribution in [3.8, 4) is 17.4 Å². The lowest BCUT2D eigenvalue weighted by Gasteiger charge is -2.10. The fraction of sp³-hybridized carbons (Fsp3) is 0.0500. The topological polar surface area (TPSA) is 68.1 Å². The van der Waals surface area contributed by atoms with Gasteiger partial charge < -0.3 is 9.84 Å². The Morgan fingerprint density at radius 1 is 0.840 bits per heavy atom. The number of phenols is 1. The zero-order chi connectivity index (χ0) is 17.1. The van der Waals surface area contributed by atoms with E-state index in [0.29, 0.717) is 18.1 Å². The Kier molecular flexibility index (Phi) is 3.96. The molecule has 0 aliphatic rings. The SMILES string of the molecule is Oc1cccc(Oc2nnc(Cc3ccncc3)c3ccccc23)c1. The Morgan fingerprint density at radius 3 is 2.44 bits per heavy atom. The molecule has 122 valence electrons. The minimum Gasteiger partial charge on any atom is -0.508 e. The largest absolute Gasteiger partial charge is 0.508 e. The van der Waals surface area contributed by atoms with Crippen molar-refractivity contribution in [1.82, 2.24) is 15.2 Å². The van der Waals surface area contributed by atoms with Crippen LogP contribution in [0.15, 0.2) is 73.1 Å². The van der Waals surface area contributed by atoms with Crippen LogP contribution in [0.4, 0.5) is 0 Å². The van der Waals surface area contributed by atoms with Crippen molar-refractivity contribution in [2.24, 2.45) is 0 Å². The second-order valence-corrected chi connectivity index (χ2v) is 5.63. The molecule has 0 atom stereocenters. The number of fused-ring (bicyclic) bond motifs is 1. The second-order valence-electron chi connectivity index (χ2n) is 5.63. The average molecular weight is 329 g/mol. The second kappa shape index (κ2) is 6.57. The molecule has 0 bridgehead atoms. The molecule has 25 heavy (non-hydrogen) atoms. The Labute approximate surface area is 144 Å². The van der Waals surface area contributed by atoms with Gasteiger partial charge in [-0.2, -0.15) is 5.10 Å². The number of rotatable bonds is 4. The van der Waals surface area contributed by atoms with Gasteiger partial charge in [-0.1, -0.05) is 24.3 Å². The predicted molar refractivity (Wildman–Crippen MR) is 94.8 cm³/mol. The summed E-state index contributed by atoms with van der Waals surface area (Å²) in [4.78, 5) is 4.04. The minimum atomic E-state index is 0.143. The number of ether oxygens (including phenoxy) is 1. The summed E-state index contributed by atoms with van der Waals surface area (Å²) in [6.07, 6.45) is 4.21. The smallest absolute Gasteiger partial charge is 0.246 e. The van der Waals surface area contributed by atoms with Gasteiger partial charge in [-0.3, -0.25) is 4.98 Å². The van der Waals surface area contributed by atoms with Crippen molar-refractivity contribution in [3.63, 3.8) is 0 Å². The van der Waals surface area contributed by atoms with E-state index in [1.807, 2.05) is 36.4 Å². The molecule has 0 amide bonds. The lowest BCUT2D eigenvalue weighted by atomic mass is 10.1. The summed E-state index contributed by atoms with van der Waals surface area (Å²) in [6, 6.07) is 18.4. The van der Waals surface area contributed by atoms with Crippen LogP contribution in [0.1, 0.15) is 11.3 Å². The first-order valence-corrected chi connectivity index (χ1v) is 7.90. The first kappa shape index (κ1) is 15.1. The molecule has 0 saturated carbocycles. The molecule has 2 heterocycles. The molecule has 5 heteroatoms. The van der Waals surface area contributed by atoms with E-state index in [1.54, 1.807) is 36.7 Å². The molecule has 0 unspecified atom stereocenters. The number of hydrogen-bond donors (Lipinski definition) is 1. The van der Waals surface area contributed by atoms with E-state index in [-0.39, 0.29) is 5.75 Å². The van der Waals surface area contributed by atoms with Gasteiger partial charge in [-0.15, -0.1) is 5.10 Å². The number of phenolic OH excluding ortho intramolecular Hbond substituents is 1. The first-order valence-electron chi connectivity index (χ1n) is 7.90. The molecule has 0 aliphatic heterocycles. The molecule has 0 fully saturated rings. The van der Waals surface area contributed by atoms with Crippen LogP contribution < -0.4 is 4.74 Å². The minimum absolute atomic E-state index is 0.143. The van der Waals surface area contributed by atoms with E-state index in [9.17, 15) is 5.11 Å². The monoisotopic (exact) mass is 329 g/mol. The molecular formula is C20H15N3O2. The Balaban J connectivity index is 1.74. The predicted octanol–water partition coefficient (Wildman–Crippen LogP) is 4.11. The van der Waals surface area contributed by atoms with Crippen molar-refractivity contribution in [3.05, 3.63) is 84.3 Å². The molecule has 1 N–H and O–H groups in total. The standard InChI is InChI=1S/C20H15N3O2/c24-15-4-3-5-16(13-15)25-20-18-7-2-1-6-17(18)19(22-23-20)12-14-8-10-21-11-9-14/h1-11,13,24H,12H2. The van der Waals surface area contributed by atoms with Gasteiger partial charge in [0.1, 0.15) is 11.5 Å². The lowest BCUT2D eigenvalue weighted by molar-refractivity contribution is 0.444. The van der Waals surface area contributed by atoms with Crippen LogP contribution in [0.2, 0.25) is 0 Å². The number of benzene rings is 2. The van der Waals surface area contributed by atoms with Gasteiger partial charge in [0.05, 0.1) is 5.69 Å². The van der Waals surface area contributed by atoms with Gasteiger partial charge >= 0.3 is 0 Å². The van der Waals surface area contributed by atoms with Gasteiger partial charge in [0.2, 0.25) is 5.88 Å². The first-order chi connectivity index (χ1) is 12.3. The molecule has 0 spiro atoms. The molecule has 0 radical (unpaired) electrons. The molecule has 5 nitrogen and oxygen atoms in total. The van der Waals surface area contributed by atoms with Crippen LogP contribution in [0.3, 0.4) is 0 Å². The van der Waals surface area contributed by atoms with Crippen molar-refractivity contribution in [1.29, 1.82) is 0 Å². The van der Waals surface area contributed by atoms with Crippen LogP contribution in [0.25, 0.3) is 10.8 Å². The van der Waals surface area contributed by atoms with Gasteiger partial charge in [0.25, 0.3) is 0 Å². The van der Waals surface area contributed by atoms with Crippen LogP contribution in [-0.4, -0.2) is 20.3 Å².